The number of methoxy groups -OCH3 is 1. The second kappa shape index (κ2) is 10.4. The van der Waals surface area contributed by atoms with Gasteiger partial charge in [-0.1, -0.05) is 48.4 Å². The van der Waals surface area contributed by atoms with Crippen molar-refractivity contribution < 1.29 is 18.7 Å². The lowest BCUT2D eigenvalue weighted by molar-refractivity contribution is -0.146. The van der Waals surface area contributed by atoms with Gasteiger partial charge in [0.15, 0.2) is 0 Å². The van der Waals surface area contributed by atoms with Gasteiger partial charge in [0, 0.05) is 36.6 Å². The molecule has 1 fully saturated rings. The molecule has 0 spiro atoms. The predicted molar refractivity (Wildman–Crippen MR) is 124 cm³/mol. The second-order valence-electron chi connectivity index (χ2n) is 8.42. The molecule has 8 heteroatoms. The number of carbonyl (C=O) groups excluding carboxylic acids is 2. The first-order chi connectivity index (χ1) is 16.0. The van der Waals surface area contributed by atoms with Crippen LogP contribution in [0.2, 0.25) is 5.02 Å². The molecule has 1 heterocycles. The van der Waals surface area contributed by atoms with Crippen LogP contribution in [0.1, 0.15) is 42.9 Å². The maximum absolute atomic E-state index is 14.5. The SMILES string of the molecule is COCCN(CC(=O)N1N=C(c2ccccc2F)C[C@@H]1c1ccc(Cl)cc1)C(=O)C1CCC1. The average Bonchev–Trinajstić information content (AvgIpc) is 3.21. The summed E-state index contributed by atoms with van der Waals surface area (Å²) in [6.45, 7) is 0.577. The Hall–Kier alpha value is -2.77. The Bertz CT molecular complexity index is 1040. The van der Waals surface area contributed by atoms with Gasteiger partial charge in [-0.05, 0) is 36.6 Å². The Morgan fingerprint density at radius 3 is 2.55 bits per heavy atom. The van der Waals surface area contributed by atoms with Gasteiger partial charge in [-0.3, -0.25) is 9.59 Å². The van der Waals surface area contributed by atoms with Crippen molar-refractivity contribution >= 4 is 29.1 Å². The first-order valence-corrected chi connectivity index (χ1v) is 11.5. The molecule has 2 aliphatic rings. The Morgan fingerprint density at radius 2 is 1.91 bits per heavy atom. The molecule has 2 amide bonds. The standard InChI is InChI=1S/C25H27ClFN3O3/c1-33-14-13-29(25(32)18-5-4-6-18)16-24(31)30-23(17-9-11-19(26)12-10-17)15-22(28-30)20-7-2-3-8-21(20)27/h2-3,7-12,18,23H,4-6,13-16H2,1H3/t23-/m1/s1. The van der Waals surface area contributed by atoms with Crippen LogP contribution >= 0.6 is 11.6 Å². The molecule has 1 saturated carbocycles. The molecule has 0 bridgehead atoms. The molecular weight excluding hydrogens is 445 g/mol. The molecule has 2 aromatic rings. The van der Waals surface area contributed by atoms with Crippen molar-refractivity contribution in [2.24, 2.45) is 11.0 Å². The summed E-state index contributed by atoms with van der Waals surface area (Å²) in [5.41, 5.74) is 1.71. The van der Waals surface area contributed by atoms with Gasteiger partial charge in [-0.25, -0.2) is 9.40 Å². The minimum Gasteiger partial charge on any atom is -0.383 e. The molecule has 1 atom stereocenters. The minimum atomic E-state index is -0.410. The van der Waals surface area contributed by atoms with E-state index in [4.69, 9.17) is 16.3 Å². The second-order valence-corrected chi connectivity index (χ2v) is 8.85. The van der Waals surface area contributed by atoms with E-state index >= 15 is 0 Å². The van der Waals surface area contributed by atoms with E-state index in [1.54, 1.807) is 42.3 Å². The predicted octanol–water partition coefficient (Wildman–Crippen LogP) is 4.43. The average molecular weight is 472 g/mol. The van der Waals surface area contributed by atoms with Crippen LogP contribution in [0.4, 0.5) is 4.39 Å². The van der Waals surface area contributed by atoms with Crippen LogP contribution in [-0.2, 0) is 14.3 Å². The number of hydrogen-bond acceptors (Lipinski definition) is 4. The van der Waals surface area contributed by atoms with Crippen molar-refractivity contribution in [2.75, 3.05) is 26.8 Å². The summed E-state index contributed by atoms with van der Waals surface area (Å²) >= 11 is 6.05. The number of rotatable bonds is 8. The Balaban J connectivity index is 1.60. The summed E-state index contributed by atoms with van der Waals surface area (Å²) < 4.78 is 19.6. The van der Waals surface area contributed by atoms with E-state index < -0.39 is 6.04 Å². The Kier molecular flexibility index (Phi) is 7.40. The number of benzene rings is 2. The smallest absolute Gasteiger partial charge is 0.262 e. The zero-order chi connectivity index (χ0) is 23.4. The first-order valence-electron chi connectivity index (χ1n) is 11.2. The van der Waals surface area contributed by atoms with Gasteiger partial charge in [0.25, 0.3) is 5.91 Å². The lowest BCUT2D eigenvalue weighted by Gasteiger charge is -2.32. The maximum atomic E-state index is 14.5. The monoisotopic (exact) mass is 471 g/mol. The van der Waals surface area contributed by atoms with E-state index in [0.29, 0.717) is 35.9 Å². The largest absolute Gasteiger partial charge is 0.383 e. The molecule has 33 heavy (non-hydrogen) atoms. The number of carbonyl (C=O) groups is 2. The molecule has 174 valence electrons. The number of ether oxygens (including phenoxy) is 1. The maximum Gasteiger partial charge on any atom is 0.262 e. The van der Waals surface area contributed by atoms with E-state index in [0.717, 1.165) is 24.8 Å². The van der Waals surface area contributed by atoms with Gasteiger partial charge in [0.05, 0.1) is 18.4 Å². The van der Waals surface area contributed by atoms with Gasteiger partial charge in [0.1, 0.15) is 12.4 Å². The number of hydrogen-bond donors (Lipinski definition) is 0. The quantitative estimate of drug-likeness (QED) is 0.572. The van der Waals surface area contributed by atoms with Crippen LogP contribution in [0.5, 0.6) is 0 Å². The summed E-state index contributed by atoms with van der Waals surface area (Å²) in [4.78, 5) is 27.9. The third kappa shape index (κ3) is 5.25. The number of halogens is 2. The summed E-state index contributed by atoms with van der Waals surface area (Å²) in [6.07, 6.45) is 3.10. The van der Waals surface area contributed by atoms with Crippen LogP contribution in [0.25, 0.3) is 0 Å². The fourth-order valence-corrected chi connectivity index (χ4v) is 4.29. The number of nitrogens with zero attached hydrogens (tertiary/aromatic N) is 3. The summed E-state index contributed by atoms with van der Waals surface area (Å²) in [5.74, 6) is -0.752. The number of hydrazone groups is 1. The van der Waals surface area contributed by atoms with Crippen molar-refractivity contribution in [3.05, 3.63) is 70.5 Å². The molecule has 0 aromatic heterocycles. The minimum absolute atomic E-state index is 0.0211. The number of amides is 2. The van der Waals surface area contributed by atoms with Gasteiger partial charge >= 0.3 is 0 Å². The highest BCUT2D eigenvalue weighted by Crippen LogP contribution is 2.34. The van der Waals surface area contributed by atoms with E-state index in [-0.39, 0.29) is 30.1 Å². The zero-order valence-corrected chi connectivity index (χ0v) is 19.3. The van der Waals surface area contributed by atoms with Gasteiger partial charge in [-0.15, -0.1) is 0 Å². The fraction of sp³-hybridized carbons (Fsp3) is 0.400. The molecule has 4 rings (SSSR count). The molecule has 0 unspecified atom stereocenters. The highest BCUT2D eigenvalue weighted by molar-refractivity contribution is 6.30. The van der Waals surface area contributed by atoms with Crippen LogP contribution in [0.15, 0.2) is 53.6 Å². The molecule has 6 nitrogen and oxygen atoms in total. The van der Waals surface area contributed by atoms with Crippen molar-refractivity contribution in [2.45, 2.75) is 31.7 Å². The topological polar surface area (TPSA) is 62.2 Å². The molecule has 1 aliphatic carbocycles. The third-order valence-electron chi connectivity index (χ3n) is 6.26. The van der Waals surface area contributed by atoms with Crippen LogP contribution in [0.3, 0.4) is 0 Å². The highest BCUT2D eigenvalue weighted by atomic mass is 35.5. The molecule has 0 N–H and O–H groups in total. The van der Waals surface area contributed by atoms with E-state index in [1.807, 2.05) is 12.1 Å². The molecule has 1 aliphatic heterocycles. The lowest BCUT2D eigenvalue weighted by atomic mass is 9.84. The van der Waals surface area contributed by atoms with E-state index in [1.165, 1.54) is 11.1 Å². The summed E-state index contributed by atoms with van der Waals surface area (Å²) in [7, 11) is 1.57. The molecule has 0 radical (unpaired) electrons. The van der Waals surface area contributed by atoms with Crippen molar-refractivity contribution in [1.82, 2.24) is 9.91 Å². The van der Waals surface area contributed by atoms with Crippen LogP contribution in [-0.4, -0.2) is 54.2 Å². The van der Waals surface area contributed by atoms with Crippen molar-refractivity contribution in [3.8, 4) is 0 Å². The zero-order valence-electron chi connectivity index (χ0n) is 18.5. The third-order valence-corrected chi connectivity index (χ3v) is 6.51. The van der Waals surface area contributed by atoms with Gasteiger partial charge in [-0.2, -0.15) is 5.10 Å². The fourth-order valence-electron chi connectivity index (χ4n) is 4.16. The Morgan fingerprint density at radius 1 is 1.18 bits per heavy atom. The van der Waals surface area contributed by atoms with E-state index in [9.17, 15) is 14.0 Å². The summed E-state index contributed by atoms with van der Waals surface area (Å²) in [5, 5.41) is 6.50. The van der Waals surface area contributed by atoms with Gasteiger partial charge in [0.2, 0.25) is 5.91 Å². The van der Waals surface area contributed by atoms with Crippen LogP contribution in [0, 0.1) is 11.7 Å². The lowest BCUT2D eigenvalue weighted by Crippen LogP contribution is -2.46. The first kappa shape index (κ1) is 23.4. The van der Waals surface area contributed by atoms with E-state index in [2.05, 4.69) is 5.10 Å². The molecule has 2 aromatic carbocycles. The van der Waals surface area contributed by atoms with Crippen molar-refractivity contribution in [1.29, 1.82) is 0 Å². The highest BCUT2D eigenvalue weighted by Gasteiger charge is 2.36. The van der Waals surface area contributed by atoms with Gasteiger partial charge < -0.3 is 9.64 Å². The van der Waals surface area contributed by atoms with Crippen LogP contribution < -0.4 is 0 Å². The normalized spacial score (nSPS) is 18.1. The molecule has 0 saturated heterocycles. The van der Waals surface area contributed by atoms with Crippen molar-refractivity contribution in [3.63, 3.8) is 0 Å². The Labute approximate surface area is 198 Å². The molecular formula is C25H27ClFN3O3. The summed E-state index contributed by atoms with van der Waals surface area (Å²) in [6, 6.07) is 13.2.